The summed E-state index contributed by atoms with van der Waals surface area (Å²) in [6, 6.07) is 16.6. The molecule has 0 aliphatic heterocycles. The van der Waals surface area contributed by atoms with E-state index in [4.69, 9.17) is 4.74 Å². The van der Waals surface area contributed by atoms with Crippen molar-refractivity contribution in [3.8, 4) is 17.0 Å². The van der Waals surface area contributed by atoms with Crippen molar-refractivity contribution in [2.45, 2.75) is 6.92 Å². The first-order chi connectivity index (χ1) is 11.3. The molecular weight excluding hydrogens is 290 g/mol. The summed E-state index contributed by atoms with van der Waals surface area (Å²) in [5.41, 5.74) is 3.29. The van der Waals surface area contributed by atoms with E-state index in [1.807, 2.05) is 37.3 Å². The molecule has 1 heterocycles. The maximum Gasteiger partial charge on any atom is 0.255 e. The van der Waals surface area contributed by atoms with Gasteiger partial charge in [-0.05, 0) is 55.0 Å². The summed E-state index contributed by atoms with van der Waals surface area (Å²) in [5.74, 6) is 0.607. The Kier molecular flexibility index (Phi) is 4.38. The summed E-state index contributed by atoms with van der Waals surface area (Å²) < 4.78 is 5.37. The molecule has 3 rings (SSSR count). The molecule has 0 radical (unpaired) electrons. The molecule has 5 heteroatoms. The number of nitrogens with zero attached hydrogens (tertiary/aromatic N) is 1. The highest BCUT2D eigenvalue weighted by Gasteiger charge is 2.07. The van der Waals surface area contributed by atoms with E-state index in [0.29, 0.717) is 12.2 Å². The molecule has 1 aromatic heterocycles. The van der Waals surface area contributed by atoms with Crippen molar-refractivity contribution < 1.29 is 9.53 Å². The maximum absolute atomic E-state index is 12.2. The molecular formula is C18H17N3O2. The second kappa shape index (κ2) is 6.79. The average Bonchev–Trinajstić information content (AvgIpc) is 3.11. The molecule has 0 bridgehead atoms. The monoisotopic (exact) mass is 307 g/mol. The minimum absolute atomic E-state index is 0.151. The summed E-state index contributed by atoms with van der Waals surface area (Å²) in [7, 11) is 0. The third-order valence-corrected chi connectivity index (χ3v) is 3.38. The number of hydrogen-bond acceptors (Lipinski definition) is 3. The van der Waals surface area contributed by atoms with Gasteiger partial charge in [-0.2, -0.15) is 5.10 Å². The molecule has 0 saturated carbocycles. The predicted octanol–water partition coefficient (Wildman–Crippen LogP) is 3.73. The van der Waals surface area contributed by atoms with Crippen LogP contribution in [0.4, 0.5) is 5.69 Å². The minimum atomic E-state index is -0.151. The van der Waals surface area contributed by atoms with Crippen molar-refractivity contribution in [3.63, 3.8) is 0 Å². The van der Waals surface area contributed by atoms with Crippen molar-refractivity contribution in [2.75, 3.05) is 11.9 Å². The second-order valence-corrected chi connectivity index (χ2v) is 4.96. The first-order valence-corrected chi connectivity index (χ1v) is 7.40. The van der Waals surface area contributed by atoms with E-state index >= 15 is 0 Å². The van der Waals surface area contributed by atoms with Gasteiger partial charge in [-0.1, -0.05) is 12.1 Å². The first kappa shape index (κ1) is 14.8. The summed E-state index contributed by atoms with van der Waals surface area (Å²) >= 11 is 0. The van der Waals surface area contributed by atoms with E-state index in [0.717, 1.165) is 22.7 Å². The maximum atomic E-state index is 12.2. The molecule has 0 atom stereocenters. The Morgan fingerprint density at radius 1 is 1.09 bits per heavy atom. The fourth-order valence-corrected chi connectivity index (χ4v) is 2.22. The third kappa shape index (κ3) is 3.58. The lowest BCUT2D eigenvalue weighted by Gasteiger charge is -2.07. The zero-order chi connectivity index (χ0) is 16.1. The summed E-state index contributed by atoms with van der Waals surface area (Å²) in [4.78, 5) is 12.2. The Morgan fingerprint density at radius 2 is 1.83 bits per heavy atom. The van der Waals surface area contributed by atoms with Crippen molar-refractivity contribution in [1.29, 1.82) is 0 Å². The summed E-state index contributed by atoms with van der Waals surface area (Å²) in [6.45, 7) is 2.53. The lowest BCUT2D eigenvalue weighted by atomic mass is 10.1. The Labute approximate surface area is 134 Å². The highest BCUT2D eigenvalue weighted by Crippen LogP contribution is 2.19. The molecule has 0 aliphatic rings. The Balaban J connectivity index is 1.67. The van der Waals surface area contributed by atoms with E-state index in [9.17, 15) is 4.79 Å². The van der Waals surface area contributed by atoms with Crippen LogP contribution in [0.2, 0.25) is 0 Å². The van der Waals surface area contributed by atoms with Gasteiger partial charge in [-0.25, -0.2) is 0 Å². The van der Waals surface area contributed by atoms with Crippen LogP contribution in [0.5, 0.6) is 5.75 Å². The van der Waals surface area contributed by atoms with Gasteiger partial charge in [0.1, 0.15) is 5.75 Å². The van der Waals surface area contributed by atoms with Crippen molar-refractivity contribution >= 4 is 11.6 Å². The van der Waals surface area contributed by atoms with Gasteiger partial charge < -0.3 is 10.1 Å². The van der Waals surface area contributed by atoms with E-state index < -0.39 is 0 Å². The van der Waals surface area contributed by atoms with Crippen molar-refractivity contribution in [1.82, 2.24) is 10.2 Å². The molecule has 1 amide bonds. The number of ether oxygens (including phenoxy) is 1. The molecule has 2 aromatic carbocycles. The predicted molar refractivity (Wildman–Crippen MR) is 89.6 cm³/mol. The highest BCUT2D eigenvalue weighted by atomic mass is 16.5. The average molecular weight is 307 g/mol. The standard InChI is InChI=1S/C18H17N3O2/c1-2-23-16-9-5-14(6-10-16)18(22)20-15-7-3-13(4-8-15)17-11-12-19-21-17/h3-12H,2H2,1H3,(H,19,21)(H,20,22). The van der Waals surface area contributed by atoms with Gasteiger partial charge in [0, 0.05) is 17.4 Å². The number of nitrogens with one attached hydrogen (secondary N) is 2. The van der Waals surface area contributed by atoms with E-state index in [-0.39, 0.29) is 5.91 Å². The summed E-state index contributed by atoms with van der Waals surface area (Å²) in [5, 5.41) is 9.71. The third-order valence-electron chi connectivity index (χ3n) is 3.38. The van der Waals surface area contributed by atoms with Crippen LogP contribution in [0.1, 0.15) is 17.3 Å². The van der Waals surface area contributed by atoms with Gasteiger partial charge in [0.15, 0.2) is 0 Å². The number of benzene rings is 2. The lowest BCUT2D eigenvalue weighted by Crippen LogP contribution is -2.11. The lowest BCUT2D eigenvalue weighted by molar-refractivity contribution is 0.102. The van der Waals surface area contributed by atoms with Crippen LogP contribution in [0.15, 0.2) is 60.8 Å². The molecule has 2 N–H and O–H groups in total. The largest absolute Gasteiger partial charge is 0.494 e. The molecule has 116 valence electrons. The van der Waals surface area contributed by atoms with Gasteiger partial charge in [-0.3, -0.25) is 9.89 Å². The number of hydrogen-bond donors (Lipinski definition) is 2. The number of aromatic nitrogens is 2. The number of rotatable bonds is 5. The summed E-state index contributed by atoms with van der Waals surface area (Å²) in [6.07, 6.45) is 1.71. The van der Waals surface area contributed by atoms with Crippen molar-refractivity contribution in [2.24, 2.45) is 0 Å². The van der Waals surface area contributed by atoms with Gasteiger partial charge >= 0.3 is 0 Å². The second-order valence-electron chi connectivity index (χ2n) is 4.96. The van der Waals surface area contributed by atoms with E-state index in [1.54, 1.807) is 30.5 Å². The van der Waals surface area contributed by atoms with Crippen LogP contribution in [-0.4, -0.2) is 22.7 Å². The van der Waals surface area contributed by atoms with Crippen LogP contribution in [0.3, 0.4) is 0 Å². The quantitative estimate of drug-likeness (QED) is 0.755. The van der Waals surface area contributed by atoms with Crippen LogP contribution in [0.25, 0.3) is 11.3 Å². The molecule has 0 unspecified atom stereocenters. The number of carbonyl (C=O) groups is 1. The van der Waals surface area contributed by atoms with Crippen LogP contribution in [0, 0.1) is 0 Å². The fourth-order valence-electron chi connectivity index (χ4n) is 2.22. The Hall–Kier alpha value is -3.08. The SMILES string of the molecule is CCOc1ccc(C(=O)Nc2ccc(-c3ccn[nH]3)cc2)cc1. The minimum Gasteiger partial charge on any atom is -0.494 e. The van der Waals surface area contributed by atoms with Gasteiger partial charge in [-0.15, -0.1) is 0 Å². The topological polar surface area (TPSA) is 67.0 Å². The first-order valence-electron chi connectivity index (χ1n) is 7.40. The zero-order valence-electron chi connectivity index (χ0n) is 12.7. The van der Waals surface area contributed by atoms with Gasteiger partial charge in [0.2, 0.25) is 0 Å². The Morgan fingerprint density at radius 3 is 2.43 bits per heavy atom. The highest BCUT2D eigenvalue weighted by molar-refractivity contribution is 6.04. The molecule has 0 saturated heterocycles. The van der Waals surface area contributed by atoms with Crippen LogP contribution < -0.4 is 10.1 Å². The number of carbonyl (C=O) groups excluding carboxylic acids is 1. The molecule has 0 spiro atoms. The fraction of sp³-hybridized carbons (Fsp3) is 0.111. The molecule has 5 nitrogen and oxygen atoms in total. The van der Waals surface area contributed by atoms with Gasteiger partial charge in [0.05, 0.1) is 12.3 Å². The Bertz CT molecular complexity index is 763. The van der Waals surface area contributed by atoms with E-state index in [2.05, 4.69) is 15.5 Å². The molecule has 0 aliphatic carbocycles. The van der Waals surface area contributed by atoms with Crippen LogP contribution >= 0.6 is 0 Å². The number of anilines is 1. The van der Waals surface area contributed by atoms with Crippen LogP contribution in [-0.2, 0) is 0 Å². The van der Waals surface area contributed by atoms with Gasteiger partial charge in [0.25, 0.3) is 5.91 Å². The molecule has 3 aromatic rings. The molecule has 23 heavy (non-hydrogen) atoms. The number of amides is 1. The normalized spacial score (nSPS) is 10.3. The smallest absolute Gasteiger partial charge is 0.255 e. The van der Waals surface area contributed by atoms with E-state index in [1.165, 1.54) is 0 Å². The zero-order valence-corrected chi connectivity index (χ0v) is 12.7. The van der Waals surface area contributed by atoms with Crippen molar-refractivity contribution in [3.05, 3.63) is 66.4 Å². The number of H-pyrrole nitrogens is 1. The molecule has 0 fully saturated rings. The number of aromatic amines is 1.